The van der Waals surface area contributed by atoms with Crippen LogP contribution in [0.2, 0.25) is 0 Å². The van der Waals surface area contributed by atoms with Crippen molar-refractivity contribution in [3.8, 4) is 45.4 Å². The Morgan fingerprint density at radius 2 is 0.906 bits per heavy atom. The minimum Gasteiger partial charge on any atom is -0.497 e. The largest absolute Gasteiger partial charge is 0.497 e. The first kappa shape index (κ1) is 36.3. The quantitative estimate of drug-likeness (QED) is 0.124. The smallest absolute Gasteiger partial charge is 0.145 e. The number of nitrogens with zero attached hydrogens (tertiary/aromatic N) is 3. The van der Waals surface area contributed by atoms with Crippen molar-refractivity contribution < 1.29 is 9.47 Å². The molecule has 5 heteroatoms. The molecule has 0 radical (unpaired) electrons. The number of hydrogen-bond acceptors (Lipinski definition) is 3. The van der Waals surface area contributed by atoms with E-state index in [4.69, 9.17) is 14.5 Å². The average Bonchev–Trinajstić information content (AvgIpc) is 3.92. The highest BCUT2D eigenvalue weighted by atomic mass is 16.5. The molecule has 0 bridgehead atoms. The molecule has 13 aromatic rings. The van der Waals surface area contributed by atoms with Crippen molar-refractivity contribution in [1.29, 1.82) is 0 Å². The first-order valence-electron chi connectivity index (χ1n) is 21.7. The van der Waals surface area contributed by atoms with E-state index in [1.807, 2.05) is 12.1 Å². The predicted molar refractivity (Wildman–Crippen MR) is 267 cm³/mol. The zero-order valence-corrected chi connectivity index (χ0v) is 35.2. The van der Waals surface area contributed by atoms with Gasteiger partial charge in [-0.25, -0.2) is 4.98 Å². The molecule has 64 heavy (non-hydrogen) atoms. The number of methoxy groups -OCH3 is 2. The van der Waals surface area contributed by atoms with Gasteiger partial charge >= 0.3 is 0 Å². The molecule has 0 unspecified atom stereocenters. The standard InChI is InChI=1S/C59H39N3O2/c1-63-40-27-30-54-51(34-40)52-35-41(64-2)28-31-55(52)61(54)39-25-23-36(24-26-39)59-60-57-49-21-11-8-17-44(49)45-18-9-12-22-50(45)58(57)62(59)53-32-29-48(46-19-7-10-20-47(46)53)56-42-15-5-3-13-37(42)33-38-14-4-6-16-43(38)56/h3-35H,1-2H3. The Bertz CT molecular complexity index is 3930. The van der Waals surface area contributed by atoms with Gasteiger partial charge in [0.15, 0.2) is 0 Å². The SMILES string of the molecule is COc1ccc2c(c1)c1cc(OC)ccc1n2-c1ccc(-c2nc3c4ccccc4c4ccccc4c3n2-c2ccc(-c3c4ccccc4cc4ccccc34)c3ccccc23)cc1. The van der Waals surface area contributed by atoms with Crippen molar-refractivity contribution in [3.63, 3.8) is 0 Å². The van der Waals surface area contributed by atoms with E-state index in [2.05, 4.69) is 197 Å². The van der Waals surface area contributed by atoms with Crippen LogP contribution in [-0.4, -0.2) is 28.3 Å². The van der Waals surface area contributed by atoms with E-state index in [9.17, 15) is 0 Å². The highest BCUT2D eigenvalue weighted by Crippen LogP contribution is 2.45. The number of benzene rings is 11. The van der Waals surface area contributed by atoms with Gasteiger partial charge in [-0.05, 0) is 122 Å². The Labute approximate surface area is 368 Å². The average molecular weight is 822 g/mol. The molecule has 11 aromatic carbocycles. The van der Waals surface area contributed by atoms with Gasteiger partial charge in [0.2, 0.25) is 0 Å². The summed E-state index contributed by atoms with van der Waals surface area (Å²) >= 11 is 0. The fraction of sp³-hybridized carbons (Fsp3) is 0.0339. The molecule has 302 valence electrons. The van der Waals surface area contributed by atoms with E-state index >= 15 is 0 Å². The van der Waals surface area contributed by atoms with Gasteiger partial charge in [-0.3, -0.25) is 4.57 Å². The molecule has 2 aromatic heterocycles. The first-order chi connectivity index (χ1) is 31.7. The van der Waals surface area contributed by atoms with Crippen molar-refractivity contribution in [2.75, 3.05) is 14.2 Å². The molecule has 13 rings (SSSR count). The zero-order valence-electron chi connectivity index (χ0n) is 35.2. The van der Waals surface area contributed by atoms with Gasteiger partial charge in [0.05, 0.1) is 42.0 Å². The van der Waals surface area contributed by atoms with Crippen molar-refractivity contribution >= 4 is 86.7 Å². The number of aromatic nitrogens is 3. The molecule has 5 nitrogen and oxygen atoms in total. The van der Waals surface area contributed by atoms with E-state index in [0.29, 0.717) is 0 Å². The molecule has 0 spiro atoms. The van der Waals surface area contributed by atoms with Crippen LogP contribution in [-0.2, 0) is 0 Å². The minimum absolute atomic E-state index is 0.815. The number of hydrogen-bond donors (Lipinski definition) is 0. The van der Waals surface area contributed by atoms with Crippen LogP contribution in [0.25, 0.3) is 121 Å². The van der Waals surface area contributed by atoms with Crippen molar-refractivity contribution in [2.45, 2.75) is 0 Å². The topological polar surface area (TPSA) is 41.2 Å². The molecule has 0 atom stereocenters. The first-order valence-corrected chi connectivity index (χ1v) is 21.7. The van der Waals surface area contributed by atoms with E-state index in [1.54, 1.807) is 14.2 Å². The lowest BCUT2D eigenvalue weighted by atomic mass is 9.89. The van der Waals surface area contributed by atoms with Gasteiger partial charge in [0, 0.05) is 38.2 Å². The summed E-state index contributed by atoms with van der Waals surface area (Å²) in [6, 6.07) is 72.3. The fourth-order valence-corrected chi connectivity index (χ4v) is 10.4. The molecule has 0 aliphatic heterocycles. The van der Waals surface area contributed by atoms with Gasteiger partial charge in [0.1, 0.15) is 17.3 Å². The lowest BCUT2D eigenvalue weighted by Gasteiger charge is -2.19. The Kier molecular flexibility index (Phi) is 7.97. The third-order valence-corrected chi connectivity index (χ3v) is 13.3. The van der Waals surface area contributed by atoms with Crippen molar-refractivity contribution in [1.82, 2.24) is 14.1 Å². The summed E-state index contributed by atoms with van der Waals surface area (Å²) < 4.78 is 16.1. The molecule has 0 N–H and O–H groups in total. The van der Waals surface area contributed by atoms with Gasteiger partial charge < -0.3 is 14.0 Å². The minimum atomic E-state index is 0.815. The number of ether oxygens (including phenoxy) is 2. The highest BCUT2D eigenvalue weighted by molar-refractivity contribution is 6.25. The molecular weight excluding hydrogens is 783 g/mol. The predicted octanol–water partition coefficient (Wildman–Crippen LogP) is 15.2. The van der Waals surface area contributed by atoms with Gasteiger partial charge in [-0.15, -0.1) is 0 Å². The molecule has 0 amide bonds. The maximum atomic E-state index is 5.67. The van der Waals surface area contributed by atoms with Gasteiger partial charge in [0.25, 0.3) is 0 Å². The van der Waals surface area contributed by atoms with Crippen LogP contribution in [0.5, 0.6) is 11.5 Å². The number of rotatable bonds is 6. The summed E-state index contributed by atoms with van der Waals surface area (Å²) in [5, 5.41) is 14.2. The van der Waals surface area contributed by atoms with E-state index in [-0.39, 0.29) is 0 Å². The number of fused-ring (bicyclic) bond motifs is 12. The van der Waals surface area contributed by atoms with E-state index in [1.165, 1.54) is 48.8 Å². The van der Waals surface area contributed by atoms with Crippen molar-refractivity contribution in [3.05, 3.63) is 200 Å². The molecular formula is C59H39N3O2. The molecule has 0 saturated heterocycles. The van der Waals surface area contributed by atoms with Crippen LogP contribution in [0.15, 0.2) is 200 Å². The summed E-state index contributed by atoms with van der Waals surface area (Å²) in [6.07, 6.45) is 0. The Hall–Kier alpha value is -8.41. The summed E-state index contributed by atoms with van der Waals surface area (Å²) in [5.41, 5.74) is 9.86. The summed E-state index contributed by atoms with van der Waals surface area (Å²) in [6.45, 7) is 0. The molecule has 0 fully saturated rings. The second-order valence-corrected chi connectivity index (χ2v) is 16.6. The lowest BCUT2D eigenvalue weighted by Crippen LogP contribution is -2.01. The second kappa shape index (κ2) is 14.1. The molecule has 2 heterocycles. The summed E-state index contributed by atoms with van der Waals surface area (Å²) in [5.74, 6) is 2.51. The molecule has 0 saturated carbocycles. The van der Waals surface area contributed by atoms with Crippen LogP contribution in [0.4, 0.5) is 0 Å². The third kappa shape index (κ3) is 5.28. The highest BCUT2D eigenvalue weighted by Gasteiger charge is 2.23. The van der Waals surface area contributed by atoms with Crippen LogP contribution >= 0.6 is 0 Å². The van der Waals surface area contributed by atoms with E-state index < -0.39 is 0 Å². The van der Waals surface area contributed by atoms with Crippen LogP contribution in [0.1, 0.15) is 0 Å². The summed E-state index contributed by atoms with van der Waals surface area (Å²) in [4.78, 5) is 5.67. The Morgan fingerprint density at radius 3 is 1.52 bits per heavy atom. The van der Waals surface area contributed by atoms with Crippen LogP contribution < -0.4 is 9.47 Å². The van der Waals surface area contributed by atoms with Gasteiger partial charge in [-0.1, -0.05) is 127 Å². The summed E-state index contributed by atoms with van der Waals surface area (Å²) in [7, 11) is 3.42. The molecule has 0 aliphatic carbocycles. The molecule has 0 aliphatic rings. The maximum absolute atomic E-state index is 5.67. The van der Waals surface area contributed by atoms with E-state index in [0.717, 1.165) is 83.3 Å². The zero-order chi connectivity index (χ0) is 42.5. The van der Waals surface area contributed by atoms with Crippen molar-refractivity contribution in [2.24, 2.45) is 0 Å². The maximum Gasteiger partial charge on any atom is 0.145 e. The monoisotopic (exact) mass is 821 g/mol. The Balaban J connectivity index is 1.09. The third-order valence-electron chi connectivity index (χ3n) is 13.3. The number of imidazole rings is 1. The van der Waals surface area contributed by atoms with Crippen LogP contribution in [0, 0.1) is 0 Å². The van der Waals surface area contributed by atoms with Crippen LogP contribution in [0.3, 0.4) is 0 Å². The fourth-order valence-electron chi connectivity index (χ4n) is 10.4. The normalized spacial score (nSPS) is 11.9. The lowest BCUT2D eigenvalue weighted by molar-refractivity contribution is 0.415. The van der Waals surface area contributed by atoms with Gasteiger partial charge in [-0.2, -0.15) is 0 Å². The second-order valence-electron chi connectivity index (χ2n) is 16.6. The Morgan fingerprint density at radius 1 is 0.391 bits per heavy atom.